The fourth-order valence-corrected chi connectivity index (χ4v) is 3.16. The number of aryl methyl sites for hydroxylation is 3. The second-order valence-electron chi connectivity index (χ2n) is 8.05. The predicted molar refractivity (Wildman–Crippen MR) is 91.7 cm³/mol. The van der Waals surface area contributed by atoms with Crippen LogP contribution in [0.4, 0.5) is 0 Å². The molecule has 2 heterocycles. The SMILES string of the molecule is CCc1oc(C(C)(C)C)cc1CC(C)(C)c1cc(C)oc1C. The van der Waals surface area contributed by atoms with Crippen molar-refractivity contribution in [3.8, 4) is 0 Å². The molecule has 0 N–H and O–H groups in total. The monoisotopic (exact) mass is 302 g/mol. The Morgan fingerprint density at radius 3 is 2.05 bits per heavy atom. The molecule has 2 rings (SSSR count). The van der Waals surface area contributed by atoms with Crippen LogP contribution in [0.5, 0.6) is 0 Å². The number of hydrogen-bond acceptors (Lipinski definition) is 2. The molecule has 0 aliphatic rings. The molecule has 0 radical (unpaired) electrons. The average molecular weight is 302 g/mol. The molecule has 0 aliphatic carbocycles. The van der Waals surface area contributed by atoms with Gasteiger partial charge in [-0.2, -0.15) is 0 Å². The van der Waals surface area contributed by atoms with Crippen molar-refractivity contribution >= 4 is 0 Å². The van der Waals surface area contributed by atoms with Crippen LogP contribution in [-0.4, -0.2) is 0 Å². The molecule has 0 aromatic carbocycles. The van der Waals surface area contributed by atoms with E-state index >= 15 is 0 Å². The first-order chi connectivity index (χ1) is 10.0. The second kappa shape index (κ2) is 5.64. The highest BCUT2D eigenvalue weighted by Gasteiger charge is 2.29. The molecule has 2 heteroatoms. The van der Waals surface area contributed by atoms with E-state index in [-0.39, 0.29) is 10.8 Å². The van der Waals surface area contributed by atoms with Crippen LogP contribution in [-0.2, 0) is 23.7 Å². The van der Waals surface area contributed by atoms with Crippen LogP contribution in [0.25, 0.3) is 0 Å². The summed E-state index contributed by atoms with van der Waals surface area (Å²) in [7, 11) is 0. The lowest BCUT2D eigenvalue weighted by atomic mass is 9.78. The second-order valence-corrected chi connectivity index (χ2v) is 8.05. The topological polar surface area (TPSA) is 26.3 Å². The van der Waals surface area contributed by atoms with Gasteiger partial charge in [-0.3, -0.25) is 0 Å². The van der Waals surface area contributed by atoms with Gasteiger partial charge in [-0.1, -0.05) is 41.5 Å². The first kappa shape index (κ1) is 16.9. The Morgan fingerprint density at radius 1 is 0.955 bits per heavy atom. The largest absolute Gasteiger partial charge is 0.466 e. The van der Waals surface area contributed by atoms with Gasteiger partial charge in [0.05, 0.1) is 0 Å². The molecule has 0 saturated carbocycles. The van der Waals surface area contributed by atoms with Gasteiger partial charge >= 0.3 is 0 Å². The Labute approximate surface area is 134 Å². The third kappa shape index (κ3) is 3.31. The summed E-state index contributed by atoms with van der Waals surface area (Å²) >= 11 is 0. The molecule has 0 aliphatic heterocycles. The van der Waals surface area contributed by atoms with Crippen molar-refractivity contribution in [3.63, 3.8) is 0 Å². The maximum Gasteiger partial charge on any atom is 0.109 e. The first-order valence-corrected chi connectivity index (χ1v) is 8.24. The van der Waals surface area contributed by atoms with Crippen LogP contribution in [0.1, 0.15) is 75.7 Å². The summed E-state index contributed by atoms with van der Waals surface area (Å²) in [6.45, 7) is 17.4. The third-order valence-corrected chi connectivity index (χ3v) is 4.36. The van der Waals surface area contributed by atoms with Crippen LogP contribution in [0.3, 0.4) is 0 Å². The van der Waals surface area contributed by atoms with E-state index in [1.165, 1.54) is 11.1 Å². The molecule has 0 bridgehead atoms. The summed E-state index contributed by atoms with van der Waals surface area (Å²) < 4.78 is 11.9. The standard InChI is InChI=1S/C20H30O2/c1-9-17-15(11-18(22-17)19(4,5)6)12-20(7,8)16-10-13(2)21-14(16)3/h10-11H,9,12H2,1-8H3. The lowest BCUT2D eigenvalue weighted by molar-refractivity contribution is 0.386. The Bertz CT molecular complexity index is 648. The van der Waals surface area contributed by atoms with Gasteiger partial charge in [0, 0.05) is 11.8 Å². The zero-order chi connectivity index (χ0) is 16.7. The van der Waals surface area contributed by atoms with Gasteiger partial charge in [0.1, 0.15) is 23.0 Å². The van der Waals surface area contributed by atoms with Gasteiger partial charge in [-0.15, -0.1) is 0 Å². The summed E-state index contributed by atoms with van der Waals surface area (Å²) in [5.41, 5.74) is 2.71. The van der Waals surface area contributed by atoms with Crippen molar-refractivity contribution in [1.29, 1.82) is 0 Å². The van der Waals surface area contributed by atoms with Crippen LogP contribution in [0.2, 0.25) is 0 Å². The van der Waals surface area contributed by atoms with Gasteiger partial charge in [0.15, 0.2) is 0 Å². The Kier molecular flexibility index (Phi) is 4.34. The highest BCUT2D eigenvalue weighted by Crippen LogP contribution is 2.35. The number of hydrogen-bond donors (Lipinski definition) is 0. The van der Waals surface area contributed by atoms with Gasteiger partial charge in [0.2, 0.25) is 0 Å². The minimum atomic E-state index is 0.0325. The van der Waals surface area contributed by atoms with E-state index in [0.717, 1.165) is 35.9 Å². The molecule has 22 heavy (non-hydrogen) atoms. The molecule has 0 fully saturated rings. The quantitative estimate of drug-likeness (QED) is 0.706. The maximum absolute atomic E-state index is 6.12. The van der Waals surface area contributed by atoms with Crippen molar-refractivity contribution in [2.75, 3.05) is 0 Å². The van der Waals surface area contributed by atoms with Crippen LogP contribution >= 0.6 is 0 Å². The van der Waals surface area contributed by atoms with Crippen molar-refractivity contribution < 1.29 is 8.83 Å². The maximum atomic E-state index is 6.12. The molecule has 2 aromatic rings. The highest BCUT2D eigenvalue weighted by molar-refractivity contribution is 5.34. The van der Waals surface area contributed by atoms with E-state index in [1.54, 1.807) is 0 Å². The Morgan fingerprint density at radius 2 is 1.59 bits per heavy atom. The fourth-order valence-electron chi connectivity index (χ4n) is 3.16. The number of rotatable bonds is 4. The molecule has 0 saturated heterocycles. The van der Waals surface area contributed by atoms with Gasteiger partial charge in [-0.25, -0.2) is 0 Å². The van der Waals surface area contributed by atoms with Crippen molar-refractivity contribution in [2.45, 2.75) is 79.1 Å². The van der Waals surface area contributed by atoms with E-state index in [9.17, 15) is 0 Å². The summed E-state index contributed by atoms with van der Waals surface area (Å²) in [6, 6.07) is 4.43. The van der Waals surface area contributed by atoms with E-state index in [2.05, 4.69) is 60.6 Å². The Balaban J connectivity index is 2.37. The third-order valence-electron chi connectivity index (χ3n) is 4.36. The van der Waals surface area contributed by atoms with Crippen LogP contribution in [0.15, 0.2) is 21.0 Å². The van der Waals surface area contributed by atoms with Gasteiger partial charge in [-0.05, 0) is 48.9 Å². The minimum Gasteiger partial charge on any atom is -0.466 e. The van der Waals surface area contributed by atoms with Crippen LogP contribution < -0.4 is 0 Å². The molecular weight excluding hydrogens is 272 g/mol. The molecule has 0 atom stereocenters. The van der Waals surface area contributed by atoms with E-state index in [1.807, 2.05) is 6.92 Å². The van der Waals surface area contributed by atoms with E-state index in [0.29, 0.717) is 0 Å². The first-order valence-electron chi connectivity index (χ1n) is 8.24. The summed E-state index contributed by atoms with van der Waals surface area (Å²) in [5.74, 6) is 4.21. The van der Waals surface area contributed by atoms with Gasteiger partial charge in [0.25, 0.3) is 0 Å². The summed E-state index contributed by atoms with van der Waals surface area (Å²) in [5, 5.41) is 0. The molecule has 0 unspecified atom stereocenters. The zero-order valence-corrected chi connectivity index (χ0v) is 15.4. The zero-order valence-electron chi connectivity index (χ0n) is 15.4. The summed E-state index contributed by atoms with van der Waals surface area (Å²) in [4.78, 5) is 0. The minimum absolute atomic E-state index is 0.0325. The Hall–Kier alpha value is -1.44. The highest BCUT2D eigenvalue weighted by atomic mass is 16.3. The van der Waals surface area contributed by atoms with Crippen molar-refractivity contribution in [2.24, 2.45) is 0 Å². The lowest BCUT2D eigenvalue weighted by Crippen LogP contribution is -2.21. The number of furan rings is 2. The summed E-state index contributed by atoms with van der Waals surface area (Å²) in [6.07, 6.45) is 1.90. The average Bonchev–Trinajstić information content (AvgIpc) is 2.91. The van der Waals surface area contributed by atoms with E-state index in [4.69, 9.17) is 8.83 Å². The van der Waals surface area contributed by atoms with Gasteiger partial charge < -0.3 is 8.83 Å². The lowest BCUT2D eigenvalue weighted by Gasteiger charge is -2.24. The van der Waals surface area contributed by atoms with Crippen LogP contribution in [0, 0.1) is 13.8 Å². The molecule has 0 amide bonds. The van der Waals surface area contributed by atoms with Crippen molar-refractivity contribution in [3.05, 3.63) is 46.3 Å². The molecule has 122 valence electrons. The smallest absolute Gasteiger partial charge is 0.109 e. The molecule has 2 nitrogen and oxygen atoms in total. The van der Waals surface area contributed by atoms with E-state index < -0.39 is 0 Å². The molecular formula is C20H30O2. The normalized spacial score (nSPS) is 12.9. The predicted octanol–water partition coefficient (Wildman–Crippen LogP) is 5.87. The van der Waals surface area contributed by atoms with Crippen molar-refractivity contribution in [1.82, 2.24) is 0 Å². The molecule has 2 aromatic heterocycles. The fraction of sp³-hybridized carbons (Fsp3) is 0.600. The molecule has 0 spiro atoms.